The van der Waals surface area contributed by atoms with Crippen molar-refractivity contribution in [1.82, 2.24) is 0 Å². The van der Waals surface area contributed by atoms with Gasteiger partial charge in [-0.3, -0.25) is 4.79 Å². The summed E-state index contributed by atoms with van der Waals surface area (Å²) in [4.78, 5) is 23.0. The summed E-state index contributed by atoms with van der Waals surface area (Å²) in [5, 5.41) is 2.87. The summed E-state index contributed by atoms with van der Waals surface area (Å²) in [6.07, 6.45) is 0.531. The molecule has 6 heteroatoms. The van der Waals surface area contributed by atoms with Gasteiger partial charge in [-0.1, -0.05) is 18.5 Å². The fourth-order valence-corrected chi connectivity index (χ4v) is 1.48. The number of nitrogens with two attached hydrogens (primary N) is 1. The van der Waals surface area contributed by atoms with E-state index >= 15 is 0 Å². The van der Waals surface area contributed by atoms with Crippen LogP contribution in [0.4, 0.5) is 5.69 Å². The van der Waals surface area contributed by atoms with Gasteiger partial charge >= 0.3 is 5.97 Å². The van der Waals surface area contributed by atoms with E-state index in [4.69, 9.17) is 17.3 Å². The van der Waals surface area contributed by atoms with Gasteiger partial charge in [0.25, 0.3) is 0 Å². The molecule has 0 aliphatic carbocycles. The number of methoxy groups -OCH3 is 1. The molecule has 1 amide bonds. The normalized spacial score (nSPS) is 11.8. The van der Waals surface area contributed by atoms with Crippen LogP contribution < -0.4 is 11.1 Å². The number of amides is 1. The molecule has 1 unspecified atom stereocenters. The van der Waals surface area contributed by atoms with Gasteiger partial charge < -0.3 is 15.8 Å². The molecule has 0 fully saturated rings. The molecule has 1 atom stereocenters. The Labute approximate surface area is 110 Å². The fraction of sp³-hybridized carbons (Fsp3) is 0.333. The second-order valence-corrected chi connectivity index (χ2v) is 4.10. The van der Waals surface area contributed by atoms with Crippen LogP contribution in [0, 0.1) is 0 Å². The summed E-state index contributed by atoms with van der Waals surface area (Å²) >= 11 is 5.86. The quantitative estimate of drug-likeness (QED) is 0.818. The Balaban J connectivity index is 2.92. The number of carbonyl (C=O) groups excluding carboxylic acids is 2. The first-order valence-electron chi connectivity index (χ1n) is 5.44. The SMILES string of the molecule is CCC(N)C(=O)Nc1ccc(Cl)c(C(=O)OC)c1. The van der Waals surface area contributed by atoms with Gasteiger partial charge in [-0.15, -0.1) is 0 Å². The zero-order chi connectivity index (χ0) is 13.7. The van der Waals surface area contributed by atoms with E-state index in [1.807, 2.05) is 6.92 Å². The van der Waals surface area contributed by atoms with E-state index in [1.54, 1.807) is 6.07 Å². The number of halogens is 1. The average Bonchev–Trinajstić information content (AvgIpc) is 2.38. The van der Waals surface area contributed by atoms with Crippen LogP contribution in [0.5, 0.6) is 0 Å². The highest BCUT2D eigenvalue weighted by molar-refractivity contribution is 6.33. The first-order valence-corrected chi connectivity index (χ1v) is 5.81. The van der Waals surface area contributed by atoms with Crippen molar-refractivity contribution in [2.24, 2.45) is 5.73 Å². The van der Waals surface area contributed by atoms with Crippen molar-refractivity contribution in [3.05, 3.63) is 28.8 Å². The number of hydrogen-bond acceptors (Lipinski definition) is 4. The van der Waals surface area contributed by atoms with Crippen LogP contribution >= 0.6 is 11.6 Å². The molecule has 1 aromatic rings. The highest BCUT2D eigenvalue weighted by Gasteiger charge is 2.14. The van der Waals surface area contributed by atoms with Crippen molar-refractivity contribution in [3.8, 4) is 0 Å². The van der Waals surface area contributed by atoms with Gasteiger partial charge in [-0.25, -0.2) is 4.79 Å². The number of anilines is 1. The number of ether oxygens (including phenoxy) is 1. The van der Waals surface area contributed by atoms with Gasteiger partial charge in [-0.05, 0) is 24.6 Å². The number of rotatable bonds is 4. The highest BCUT2D eigenvalue weighted by Crippen LogP contribution is 2.21. The average molecular weight is 271 g/mol. The molecule has 3 N–H and O–H groups in total. The molecule has 1 aromatic carbocycles. The molecule has 0 radical (unpaired) electrons. The summed E-state index contributed by atoms with van der Waals surface area (Å²) < 4.78 is 4.58. The Morgan fingerprint density at radius 2 is 2.17 bits per heavy atom. The smallest absolute Gasteiger partial charge is 0.339 e. The van der Waals surface area contributed by atoms with E-state index in [1.165, 1.54) is 19.2 Å². The second kappa shape index (κ2) is 6.37. The molecule has 1 rings (SSSR count). The van der Waals surface area contributed by atoms with Crippen molar-refractivity contribution in [3.63, 3.8) is 0 Å². The first kappa shape index (κ1) is 14.5. The van der Waals surface area contributed by atoms with Crippen molar-refractivity contribution < 1.29 is 14.3 Å². The maximum atomic E-state index is 11.6. The highest BCUT2D eigenvalue weighted by atomic mass is 35.5. The number of carbonyl (C=O) groups is 2. The van der Waals surface area contributed by atoms with E-state index in [0.29, 0.717) is 12.1 Å². The number of benzene rings is 1. The molecule has 0 aliphatic heterocycles. The van der Waals surface area contributed by atoms with Crippen LogP contribution in [-0.2, 0) is 9.53 Å². The lowest BCUT2D eigenvalue weighted by molar-refractivity contribution is -0.117. The summed E-state index contributed by atoms with van der Waals surface area (Å²) in [5.41, 5.74) is 6.24. The number of hydrogen-bond donors (Lipinski definition) is 2. The predicted molar refractivity (Wildman–Crippen MR) is 69.7 cm³/mol. The molecule has 0 spiro atoms. The molecule has 18 heavy (non-hydrogen) atoms. The predicted octanol–water partition coefficient (Wildman–Crippen LogP) is 1.80. The monoisotopic (exact) mass is 270 g/mol. The fourth-order valence-electron chi connectivity index (χ4n) is 1.29. The molecular weight excluding hydrogens is 256 g/mol. The third kappa shape index (κ3) is 3.45. The minimum atomic E-state index is -0.581. The number of esters is 1. The summed E-state index contributed by atoms with van der Waals surface area (Å²) in [5.74, 6) is -0.869. The van der Waals surface area contributed by atoms with Crippen LogP contribution in [0.2, 0.25) is 5.02 Å². The van der Waals surface area contributed by atoms with Crippen molar-refractivity contribution in [2.75, 3.05) is 12.4 Å². The topological polar surface area (TPSA) is 81.4 Å². The van der Waals surface area contributed by atoms with Gasteiger partial charge in [0.2, 0.25) is 5.91 Å². The molecule has 0 bridgehead atoms. The minimum Gasteiger partial charge on any atom is -0.465 e. The molecule has 0 heterocycles. The lowest BCUT2D eigenvalue weighted by Gasteiger charge is -2.11. The molecule has 5 nitrogen and oxygen atoms in total. The van der Waals surface area contributed by atoms with Crippen LogP contribution in [0.1, 0.15) is 23.7 Å². The van der Waals surface area contributed by atoms with E-state index < -0.39 is 12.0 Å². The maximum absolute atomic E-state index is 11.6. The molecule has 0 saturated carbocycles. The maximum Gasteiger partial charge on any atom is 0.339 e. The third-order valence-corrected chi connectivity index (χ3v) is 2.75. The molecule has 0 aromatic heterocycles. The van der Waals surface area contributed by atoms with Crippen LogP contribution in [0.3, 0.4) is 0 Å². The molecule has 0 saturated heterocycles. The van der Waals surface area contributed by atoms with E-state index in [0.717, 1.165) is 0 Å². The van der Waals surface area contributed by atoms with Gasteiger partial charge in [0.15, 0.2) is 0 Å². The van der Waals surface area contributed by atoms with E-state index in [9.17, 15) is 9.59 Å². The van der Waals surface area contributed by atoms with Gasteiger partial charge in [0.05, 0.1) is 23.7 Å². The minimum absolute atomic E-state index is 0.196. The third-order valence-electron chi connectivity index (χ3n) is 2.42. The molecular formula is C12H15ClN2O3. The van der Waals surface area contributed by atoms with E-state index in [-0.39, 0.29) is 16.5 Å². The molecule has 98 valence electrons. The Hall–Kier alpha value is -1.59. The summed E-state index contributed by atoms with van der Waals surface area (Å²) in [6.45, 7) is 1.81. The zero-order valence-corrected chi connectivity index (χ0v) is 11.0. The Morgan fingerprint density at radius 1 is 1.50 bits per heavy atom. The lowest BCUT2D eigenvalue weighted by atomic mass is 10.2. The Kier molecular flexibility index (Phi) is 5.12. The van der Waals surface area contributed by atoms with Crippen molar-refractivity contribution >= 4 is 29.2 Å². The van der Waals surface area contributed by atoms with Crippen LogP contribution in [-0.4, -0.2) is 25.0 Å². The Bertz CT molecular complexity index is 463. The second-order valence-electron chi connectivity index (χ2n) is 3.69. The first-order chi connectivity index (χ1) is 8.49. The Morgan fingerprint density at radius 3 is 2.72 bits per heavy atom. The van der Waals surface area contributed by atoms with E-state index in [2.05, 4.69) is 10.1 Å². The zero-order valence-electron chi connectivity index (χ0n) is 10.2. The summed E-state index contributed by atoms with van der Waals surface area (Å²) in [7, 11) is 1.26. The van der Waals surface area contributed by atoms with Crippen LogP contribution in [0.15, 0.2) is 18.2 Å². The van der Waals surface area contributed by atoms with Gasteiger partial charge in [0, 0.05) is 5.69 Å². The molecule has 0 aliphatic rings. The van der Waals surface area contributed by atoms with Gasteiger partial charge in [0.1, 0.15) is 0 Å². The lowest BCUT2D eigenvalue weighted by Crippen LogP contribution is -2.34. The van der Waals surface area contributed by atoms with Crippen molar-refractivity contribution in [1.29, 1.82) is 0 Å². The summed E-state index contributed by atoms with van der Waals surface area (Å²) in [6, 6.07) is 3.98. The number of nitrogens with one attached hydrogen (secondary N) is 1. The largest absolute Gasteiger partial charge is 0.465 e. The van der Waals surface area contributed by atoms with Crippen LogP contribution in [0.25, 0.3) is 0 Å². The standard InChI is InChI=1S/C12H15ClN2O3/c1-3-10(14)11(16)15-7-4-5-9(13)8(6-7)12(17)18-2/h4-6,10H,3,14H2,1-2H3,(H,15,16). The van der Waals surface area contributed by atoms with Gasteiger partial charge in [-0.2, -0.15) is 0 Å². The van der Waals surface area contributed by atoms with Crippen molar-refractivity contribution in [2.45, 2.75) is 19.4 Å².